The summed E-state index contributed by atoms with van der Waals surface area (Å²) >= 11 is 6.57. The molecule has 38 heavy (non-hydrogen) atoms. The van der Waals surface area contributed by atoms with E-state index in [1.54, 1.807) is 0 Å². The minimum Gasteiger partial charge on any atom is -0.461 e. The summed E-state index contributed by atoms with van der Waals surface area (Å²) in [6.07, 6.45) is 9.13. The first-order valence-corrected chi connectivity index (χ1v) is 15.1. The zero-order valence-corrected chi connectivity index (χ0v) is 22.8. The van der Waals surface area contributed by atoms with Crippen LogP contribution in [0.4, 0.5) is 10.2 Å². The summed E-state index contributed by atoms with van der Waals surface area (Å²) in [7, 11) is 0. The summed E-state index contributed by atoms with van der Waals surface area (Å²) in [6.45, 7) is 4.73. The second kappa shape index (κ2) is 8.77. The van der Waals surface area contributed by atoms with Crippen molar-refractivity contribution in [2.45, 2.75) is 93.4 Å². The Morgan fingerprint density at radius 3 is 2.50 bits per heavy atom. The second-order valence-corrected chi connectivity index (χ2v) is 13.1. The molecule has 2 bridgehead atoms. The van der Waals surface area contributed by atoms with Crippen LogP contribution in [0.15, 0.2) is 18.2 Å². The Kier molecular flexibility index (Phi) is 5.51. The lowest BCUT2D eigenvalue weighted by atomic mass is 9.68. The maximum Gasteiger partial charge on any atom is 0.318 e. The van der Waals surface area contributed by atoms with Gasteiger partial charge in [0.1, 0.15) is 12.4 Å². The van der Waals surface area contributed by atoms with Crippen LogP contribution in [0.5, 0.6) is 6.01 Å². The molecular formula is C30H37ClFN5O. The number of hydrogen-bond donors (Lipinski definition) is 1. The van der Waals surface area contributed by atoms with Gasteiger partial charge >= 0.3 is 6.01 Å². The first kappa shape index (κ1) is 23.9. The van der Waals surface area contributed by atoms with Gasteiger partial charge in [-0.3, -0.25) is 4.90 Å². The monoisotopic (exact) mass is 537 g/mol. The Morgan fingerprint density at radius 2 is 1.74 bits per heavy atom. The van der Waals surface area contributed by atoms with Crippen molar-refractivity contribution in [1.29, 1.82) is 0 Å². The predicted octanol–water partition coefficient (Wildman–Crippen LogP) is 4.92. The van der Waals surface area contributed by atoms with Gasteiger partial charge in [-0.15, -0.1) is 0 Å². The molecule has 0 amide bonds. The van der Waals surface area contributed by atoms with Crippen molar-refractivity contribution in [3.63, 3.8) is 0 Å². The van der Waals surface area contributed by atoms with Crippen LogP contribution >= 0.6 is 11.6 Å². The van der Waals surface area contributed by atoms with Crippen molar-refractivity contribution in [3.05, 3.63) is 45.6 Å². The van der Waals surface area contributed by atoms with Gasteiger partial charge in [-0.1, -0.05) is 23.7 Å². The fraction of sp³-hybridized carbons (Fsp3) is 0.667. The fourth-order valence-electron chi connectivity index (χ4n) is 8.89. The topological polar surface area (TPSA) is 53.5 Å². The molecule has 1 aromatic carbocycles. The number of nitrogens with one attached hydrogen (secondary N) is 1. The largest absolute Gasteiger partial charge is 0.461 e. The van der Waals surface area contributed by atoms with E-state index in [2.05, 4.69) is 21.2 Å². The van der Waals surface area contributed by atoms with Gasteiger partial charge in [-0.2, -0.15) is 9.97 Å². The van der Waals surface area contributed by atoms with Crippen LogP contribution in [0.25, 0.3) is 0 Å². The Balaban J connectivity index is 1.18. The van der Waals surface area contributed by atoms with E-state index in [0.29, 0.717) is 30.4 Å². The Bertz CT molecular complexity index is 1250. The van der Waals surface area contributed by atoms with Crippen LogP contribution in [0, 0.1) is 0 Å². The number of rotatable bonds is 4. The molecule has 4 aliphatic heterocycles. The lowest BCUT2D eigenvalue weighted by Gasteiger charge is -2.41. The average molecular weight is 538 g/mol. The predicted molar refractivity (Wildman–Crippen MR) is 146 cm³/mol. The minimum absolute atomic E-state index is 0.102. The minimum atomic E-state index is -1.19. The van der Waals surface area contributed by atoms with E-state index in [0.717, 1.165) is 79.4 Å². The average Bonchev–Trinajstić information content (AvgIpc) is 3.68. The summed E-state index contributed by atoms with van der Waals surface area (Å²) < 4.78 is 23.4. The van der Waals surface area contributed by atoms with Gasteiger partial charge in [0, 0.05) is 41.2 Å². The third-order valence-corrected chi connectivity index (χ3v) is 11.2. The quantitative estimate of drug-likeness (QED) is 0.597. The van der Waals surface area contributed by atoms with Crippen molar-refractivity contribution in [2.24, 2.45) is 0 Å². The zero-order valence-electron chi connectivity index (χ0n) is 22.0. The number of ether oxygens (including phenoxy) is 1. The van der Waals surface area contributed by atoms with E-state index >= 15 is 4.39 Å². The molecule has 1 N–H and O–H groups in total. The molecule has 8 heteroatoms. The highest BCUT2D eigenvalue weighted by atomic mass is 35.5. The molecule has 2 aromatic rings. The van der Waals surface area contributed by atoms with Gasteiger partial charge in [0.05, 0.1) is 11.2 Å². The van der Waals surface area contributed by atoms with Gasteiger partial charge in [0.15, 0.2) is 6.17 Å². The lowest BCUT2D eigenvalue weighted by molar-refractivity contribution is 0.105. The number of fused-ring (bicyclic) bond motifs is 6. The molecule has 8 rings (SSSR count). The highest BCUT2D eigenvalue weighted by Crippen LogP contribution is 2.57. The molecule has 0 saturated carbocycles. The fourth-order valence-corrected chi connectivity index (χ4v) is 9.16. The number of anilines is 1. The molecular weight excluding hydrogens is 501 g/mol. The van der Waals surface area contributed by atoms with E-state index in [4.69, 9.17) is 26.3 Å². The summed E-state index contributed by atoms with van der Waals surface area (Å²) in [5, 5.41) is 4.49. The van der Waals surface area contributed by atoms with E-state index in [-0.39, 0.29) is 5.54 Å². The molecule has 1 aromatic heterocycles. The van der Waals surface area contributed by atoms with Crippen molar-refractivity contribution in [3.8, 4) is 6.01 Å². The molecule has 5 heterocycles. The standard InChI is InChI=1S/C30H37ClFN5O/c31-24-5-1-4-23-21(24)8-12-30(23)13-9-22-25(26(30)32)34-28(38-18-29-10-2-14-37(29)15-3-11-29)35-27(22)36-16-19-6-7-20(17-36)33-19/h1,4-5,19-20,26,33H,2-3,6-18H2/t19-,20+,26-,30+/m0/s1. The van der Waals surface area contributed by atoms with Gasteiger partial charge in [0.2, 0.25) is 0 Å². The number of piperazine rings is 1. The number of benzene rings is 1. The van der Waals surface area contributed by atoms with Crippen molar-refractivity contribution in [2.75, 3.05) is 37.7 Å². The Morgan fingerprint density at radius 1 is 1.00 bits per heavy atom. The molecule has 1 spiro atoms. The Hall–Kier alpha value is -1.96. The molecule has 4 atom stereocenters. The van der Waals surface area contributed by atoms with E-state index < -0.39 is 11.6 Å². The first-order chi connectivity index (χ1) is 18.5. The molecule has 0 radical (unpaired) electrons. The maximum atomic E-state index is 17.0. The number of hydrogen-bond acceptors (Lipinski definition) is 6. The highest BCUT2D eigenvalue weighted by Gasteiger charge is 2.52. The van der Waals surface area contributed by atoms with Gasteiger partial charge in [-0.05, 0) is 94.5 Å². The lowest BCUT2D eigenvalue weighted by Crippen LogP contribution is -2.52. The van der Waals surface area contributed by atoms with Crippen LogP contribution in [0.3, 0.4) is 0 Å². The third-order valence-electron chi connectivity index (χ3n) is 10.8. The Labute approximate surface area is 229 Å². The van der Waals surface area contributed by atoms with Crippen LogP contribution < -0.4 is 15.0 Å². The molecule has 202 valence electrons. The molecule has 6 nitrogen and oxygen atoms in total. The van der Waals surface area contributed by atoms with Gasteiger partial charge in [0.25, 0.3) is 0 Å². The number of halogens is 2. The van der Waals surface area contributed by atoms with Crippen molar-refractivity contribution in [1.82, 2.24) is 20.2 Å². The highest BCUT2D eigenvalue weighted by molar-refractivity contribution is 6.31. The number of aromatic nitrogens is 2. The SMILES string of the molecule is F[C@H]1c2nc(OCC34CCCN3CCC4)nc(N3C[C@H]4CC[C@@H](C3)N4)c2CC[C@@]12CCc1c(Cl)cccc12. The molecule has 4 fully saturated rings. The van der Waals surface area contributed by atoms with Crippen molar-refractivity contribution >= 4 is 17.4 Å². The van der Waals surface area contributed by atoms with Crippen LogP contribution in [0.2, 0.25) is 5.02 Å². The van der Waals surface area contributed by atoms with Crippen molar-refractivity contribution < 1.29 is 9.13 Å². The van der Waals surface area contributed by atoms with E-state index in [1.807, 2.05) is 12.1 Å². The van der Waals surface area contributed by atoms with Crippen LogP contribution in [-0.2, 0) is 18.3 Å². The molecule has 2 aliphatic carbocycles. The normalized spacial score (nSPS) is 33.0. The van der Waals surface area contributed by atoms with Crippen LogP contribution in [0.1, 0.15) is 79.9 Å². The molecule has 4 saturated heterocycles. The summed E-state index contributed by atoms with van der Waals surface area (Å²) in [6, 6.07) is 7.32. The maximum absolute atomic E-state index is 17.0. The van der Waals surface area contributed by atoms with Gasteiger partial charge in [-0.25, -0.2) is 4.39 Å². The third kappa shape index (κ3) is 3.50. The number of alkyl halides is 1. The van der Waals surface area contributed by atoms with E-state index in [9.17, 15) is 0 Å². The van der Waals surface area contributed by atoms with Crippen LogP contribution in [-0.4, -0.2) is 65.3 Å². The molecule has 6 aliphatic rings. The van der Waals surface area contributed by atoms with E-state index in [1.165, 1.54) is 38.5 Å². The summed E-state index contributed by atoms with van der Waals surface area (Å²) in [5.41, 5.74) is 3.29. The number of nitrogens with zero attached hydrogens (tertiary/aromatic N) is 4. The zero-order chi connectivity index (χ0) is 25.5. The van der Waals surface area contributed by atoms with Gasteiger partial charge < -0.3 is 15.0 Å². The second-order valence-electron chi connectivity index (χ2n) is 12.7. The summed E-state index contributed by atoms with van der Waals surface area (Å²) in [5.74, 6) is 0.914. The summed E-state index contributed by atoms with van der Waals surface area (Å²) in [4.78, 5) is 14.9. The first-order valence-electron chi connectivity index (χ1n) is 14.8. The molecule has 0 unspecified atom stereocenters. The smallest absolute Gasteiger partial charge is 0.318 e.